The van der Waals surface area contributed by atoms with Crippen LogP contribution in [0.4, 0.5) is 5.69 Å². The third-order valence-electron chi connectivity index (χ3n) is 3.97. The van der Waals surface area contributed by atoms with Gasteiger partial charge < -0.3 is 10.2 Å². The van der Waals surface area contributed by atoms with E-state index in [9.17, 15) is 4.79 Å². The van der Waals surface area contributed by atoms with E-state index in [2.05, 4.69) is 31.1 Å². The maximum atomic E-state index is 12.4. The lowest BCUT2D eigenvalue weighted by atomic mass is 9.80. The van der Waals surface area contributed by atoms with Gasteiger partial charge in [-0.3, -0.25) is 9.78 Å². The standard InChI is InChI=1S/C15H23N3O/c1-15(2,3)11-6-8-18(10-11)14(19)13-9-12(16-4)5-7-17-13/h5,7,9,11H,6,8,10H2,1-4H3,(H,16,17). The van der Waals surface area contributed by atoms with Gasteiger partial charge in [-0.05, 0) is 29.9 Å². The van der Waals surface area contributed by atoms with Crippen LogP contribution in [0.2, 0.25) is 0 Å². The van der Waals surface area contributed by atoms with Crippen LogP contribution in [0.1, 0.15) is 37.7 Å². The first-order valence-electron chi connectivity index (χ1n) is 6.85. The fraction of sp³-hybridized carbons (Fsp3) is 0.600. The summed E-state index contributed by atoms with van der Waals surface area (Å²) in [5, 5.41) is 3.04. The summed E-state index contributed by atoms with van der Waals surface area (Å²) in [7, 11) is 1.84. The van der Waals surface area contributed by atoms with E-state index in [1.54, 1.807) is 6.20 Å². The van der Waals surface area contributed by atoms with Crippen LogP contribution >= 0.6 is 0 Å². The molecule has 1 aromatic heterocycles. The Morgan fingerprint density at radius 2 is 2.21 bits per heavy atom. The largest absolute Gasteiger partial charge is 0.388 e. The molecule has 1 fully saturated rings. The summed E-state index contributed by atoms with van der Waals surface area (Å²) < 4.78 is 0. The second-order valence-corrected chi connectivity index (χ2v) is 6.28. The number of rotatable bonds is 2. The molecule has 2 rings (SSSR count). The molecule has 104 valence electrons. The maximum Gasteiger partial charge on any atom is 0.272 e. The van der Waals surface area contributed by atoms with Crippen molar-refractivity contribution in [2.45, 2.75) is 27.2 Å². The number of carbonyl (C=O) groups is 1. The molecule has 4 heteroatoms. The van der Waals surface area contributed by atoms with Gasteiger partial charge in [-0.1, -0.05) is 20.8 Å². The van der Waals surface area contributed by atoms with Gasteiger partial charge in [0.05, 0.1) is 0 Å². The second kappa shape index (κ2) is 5.19. The van der Waals surface area contributed by atoms with Gasteiger partial charge in [0.1, 0.15) is 5.69 Å². The van der Waals surface area contributed by atoms with Crippen LogP contribution in [0.25, 0.3) is 0 Å². The van der Waals surface area contributed by atoms with E-state index in [1.807, 2.05) is 24.1 Å². The van der Waals surface area contributed by atoms with Crippen molar-refractivity contribution < 1.29 is 4.79 Å². The van der Waals surface area contributed by atoms with Crippen LogP contribution in [-0.4, -0.2) is 35.9 Å². The molecular weight excluding hydrogens is 238 g/mol. The highest BCUT2D eigenvalue weighted by molar-refractivity contribution is 5.93. The van der Waals surface area contributed by atoms with Crippen molar-refractivity contribution >= 4 is 11.6 Å². The van der Waals surface area contributed by atoms with Crippen LogP contribution in [0, 0.1) is 11.3 Å². The Balaban J connectivity index is 2.09. The van der Waals surface area contributed by atoms with E-state index in [0.29, 0.717) is 11.6 Å². The Morgan fingerprint density at radius 1 is 1.47 bits per heavy atom. The van der Waals surface area contributed by atoms with Crippen molar-refractivity contribution in [2.24, 2.45) is 11.3 Å². The molecular formula is C15H23N3O. The summed E-state index contributed by atoms with van der Waals surface area (Å²) in [5.74, 6) is 0.618. The molecule has 1 unspecified atom stereocenters. The summed E-state index contributed by atoms with van der Waals surface area (Å²) in [6.07, 6.45) is 2.76. The minimum Gasteiger partial charge on any atom is -0.388 e. The molecule has 0 aromatic carbocycles. The second-order valence-electron chi connectivity index (χ2n) is 6.28. The zero-order chi connectivity index (χ0) is 14.0. The summed E-state index contributed by atoms with van der Waals surface area (Å²) >= 11 is 0. The van der Waals surface area contributed by atoms with Crippen LogP contribution in [-0.2, 0) is 0 Å². The van der Waals surface area contributed by atoms with E-state index in [0.717, 1.165) is 25.2 Å². The zero-order valence-corrected chi connectivity index (χ0v) is 12.2. The molecule has 1 amide bonds. The summed E-state index contributed by atoms with van der Waals surface area (Å²) in [5.41, 5.74) is 1.71. The van der Waals surface area contributed by atoms with Gasteiger partial charge in [0.2, 0.25) is 0 Å². The lowest BCUT2D eigenvalue weighted by molar-refractivity contribution is 0.0771. The number of anilines is 1. The monoisotopic (exact) mass is 261 g/mol. The molecule has 0 saturated carbocycles. The molecule has 4 nitrogen and oxygen atoms in total. The third kappa shape index (κ3) is 3.06. The van der Waals surface area contributed by atoms with Crippen molar-refractivity contribution in [3.05, 3.63) is 24.0 Å². The van der Waals surface area contributed by atoms with E-state index in [-0.39, 0.29) is 11.3 Å². The van der Waals surface area contributed by atoms with Gasteiger partial charge in [0, 0.05) is 32.0 Å². The SMILES string of the molecule is CNc1ccnc(C(=O)N2CCC(C(C)(C)C)C2)c1. The van der Waals surface area contributed by atoms with E-state index < -0.39 is 0 Å². The number of pyridine rings is 1. The average Bonchev–Trinajstić information content (AvgIpc) is 2.87. The highest BCUT2D eigenvalue weighted by Crippen LogP contribution is 2.34. The van der Waals surface area contributed by atoms with Gasteiger partial charge in [-0.15, -0.1) is 0 Å². The first kappa shape index (κ1) is 13.8. The molecule has 2 heterocycles. The van der Waals surface area contributed by atoms with E-state index in [1.165, 1.54) is 0 Å². The quantitative estimate of drug-likeness (QED) is 0.890. The number of hydrogen-bond donors (Lipinski definition) is 1. The molecule has 1 aliphatic heterocycles. The van der Waals surface area contributed by atoms with Gasteiger partial charge in [0.15, 0.2) is 0 Å². The van der Waals surface area contributed by atoms with Crippen LogP contribution < -0.4 is 5.32 Å². The highest BCUT2D eigenvalue weighted by Gasteiger charge is 2.34. The third-order valence-corrected chi connectivity index (χ3v) is 3.97. The number of nitrogens with zero attached hydrogens (tertiary/aromatic N) is 2. The fourth-order valence-electron chi connectivity index (χ4n) is 2.52. The minimum atomic E-state index is 0.0452. The highest BCUT2D eigenvalue weighted by atomic mass is 16.2. The Hall–Kier alpha value is -1.58. The van der Waals surface area contributed by atoms with Gasteiger partial charge in [-0.2, -0.15) is 0 Å². The first-order valence-corrected chi connectivity index (χ1v) is 6.85. The summed E-state index contributed by atoms with van der Waals surface area (Å²) in [4.78, 5) is 18.5. The number of aromatic nitrogens is 1. The van der Waals surface area contributed by atoms with Crippen molar-refractivity contribution in [1.29, 1.82) is 0 Å². The number of likely N-dealkylation sites (tertiary alicyclic amines) is 1. The molecule has 1 saturated heterocycles. The molecule has 1 N–H and O–H groups in total. The van der Waals surface area contributed by atoms with Crippen LogP contribution in [0.15, 0.2) is 18.3 Å². The van der Waals surface area contributed by atoms with Gasteiger partial charge >= 0.3 is 0 Å². The lowest BCUT2D eigenvalue weighted by Crippen LogP contribution is -2.31. The van der Waals surface area contributed by atoms with Crippen molar-refractivity contribution in [1.82, 2.24) is 9.88 Å². The van der Waals surface area contributed by atoms with Crippen molar-refractivity contribution in [3.8, 4) is 0 Å². The Morgan fingerprint density at radius 3 is 2.79 bits per heavy atom. The summed E-state index contributed by atoms with van der Waals surface area (Å²) in [6, 6.07) is 3.67. The maximum absolute atomic E-state index is 12.4. The van der Waals surface area contributed by atoms with Gasteiger partial charge in [0.25, 0.3) is 5.91 Å². The minimum absolute atomic E-state index is 0.0452. The Bertz CT molecular complexity index is 465. The van der Waals surface area contributed by atoms with Crippen molar-refractivity contribution in [3.63, 3.8) is 0 Å². The zero-order valence-electron chi connectivity index (χ0n) is 12.2. The predicted molar refractivity (Wildman–Crippen MR) is 77.2 cm³/mol. The number of hydrogen-bond acceptors (Lipinski definition) is 3. The van der Waals surface area contributed by atoms with Crippen LogP contribution in [0.5, 0.6) is 0 Å². The smallest absolute Gasteiger partial charge is 0.272 e. The Kier molecular flexibility index (Phi) is 3.78. The van der Waals surface area contributed by atoms with E-state index in [4.69, 9.17) is 0 Å². The molecule has 0 spiro atoms. The fourth-order valence-corrected chi connectivity index (χ4v) is 2.52. The Labute approximate surface area is 115 Å². The molecule has 0 aliphatic carbocycles. The molecule has 0 radical (unpaired) electrons. The van der Waals surface area contributed by atoms with Gasteiger partial charge in [-0.25, -0.2) is 0 Å². The molecule has 1 aromatic rings. The molecule has 0 bridgehead atoms. The lowest BCUT2D eigenvalue weighted by Gasteiger charge is -2.26. The molecule has 1 aliphatic rings. The number of amides is 1. The number of nitrogens with one attached hydrogen (secondary N) is 1. The topological polar surface area (TPSA) is 45.2 Å². The van der Waals surface area contributed by atoms with Crippen molar-refractivity contribution in [2.75, 3.05) is 25.5 Å². The molecule has 19 heavy (non-hydrogen) atoms. The van der Waals surface area contributed by atoms with E-state index >= 15 is 0 Å². The molecule has 1 atom stereocenters. The average molecular weight is 261 g/mol. The summed E-state index contributed by atoms with van der Waals surface area (Å²) in [6.45, 7) is 8.41. The van der Waals surface area contributed by atoms with Crippen LogP contribution in [0.3, 0.4) is 0 Å². The normalized spacial score (nSPS) is 19.6. The number of carbonyl (C=O) groups excluding carboxylic acids is 1. The first-order chi connectivity index (χ1) is 8.91. The predicted octanol–water partition coefficient (Wildman–Crippen LogP) is 2.63.